The number of benzene rings is 1. The summed E-state index contributed by atoms with van der Waals surface area (Å²) < 4.78 is 0. The molecule has 1 atom stereocenters. The van der Waals surface area contributed by atoms with Crippen molar-refractivity contribution in [2.75, 3.05) is 26.2 Å². The van der Waals surface area contributed by atoms with E-state index in [1.165, 1.54) is 5.56 Å². The van der Waals surface area contributed by atoms with Crippen molar-refractivity contribution in [1.29, 1.82) is 0 Å². The van der Waals surface area contributed by atoms with E-state index in [4.69, 9.17) is 0 Å². The van der Waals surface area contributed by atoms with Crippen LogP contribution in [0.1, 0.15) is 52.0 Å². The first-order chi connectivity index (χ1) is 13.6. The summed E-state index contributed by atoms with van der Waals surface area (Å²) in [6.07, 6.45) is 3.58. The third-order valence-corrected chi connectivity index (χ3v) is 5.15. The van der Waals surface area contributed by atoms with Gasteiger partial charge in [0, 0.05) is 44.7 Å². The SMILES string of the molecule is CCNC(=NCCC(=O)NC(C)CC)NC1CCN(Cc2ccccc2)CC1.I. The summed E-state index contributed by atoms with van der Waals surface area (Å²) in [6, 6.07) is 11.3. The molecule has 29 heavy (non-hydrogen) atoms. The average Bonchev–Trinajstić information content (AvgIpc) is 2.70. The first kappa shape index (κ1) is 25.7. The number of carbonyl (C=O) groups is 1. The van der Waals surface area contributed by atoms with Crippen molar-refractivity contribution in [1.82, 2.24) is 20.9 Å². The van der Waals surface area contributed by atoms with Crippen LogP contribution in [0.15, 0.2) is 35.3 Å². The van der Waals surface area contributed by atoms with Crippen molar-refractivity contribution >= 4 is 35.8 Å². The van der Waals surface area contributed by atoms with Gasteiger partial charge < -0.3 is 16.0 Å². The number of carbonyl (C=O) groups excluding carboxylic acids is 1. The first-order valence-corrected chi connectivity index (χ1v) is 10.7. The molecule has 1 fully saturated rings. The van der Waals surface area contributed by atoms with Gasteiger partial charge in [-0.05, 0) is 38.7 Å². The zero-order valence-corrected chi connectivity index (χ0v) is 20.4. The van der Waals surface area contributed by atoms with Gasteiger partial charge in [0.2, 0.25) is 5.91 Å². The minimum atomic E-state index is 0. The predicted molar refractivity (Wildman–Crippen MR) is 132 cm³/mol. The second-order valence-electron chi connectivity index (χ2n) is 7.57. The van der Waals surface area contributed by atoms with Gasteiger partial charge in [-0.15, -0.1) is 24.0 Å². The van der Waals surface area contributed by atoms with Gasteiger partial charge in [-0.25, -0.2) is 0 Å². The third-order valence-electron chi connectivity index (χ3n) is 5.15. The van der Waals surface area contributed by atoms with E-state index in [2.05, 4.69) is 70.0 Å². The van der Waals surface area contributed by atoms with Gasteiger partial charge in [0.25, 0.3) is 0 Å². The Kier molecular flexibility index (Phi) is 12.9. The minimum Gasteiger partial charge on any atom is -0.357 e. The Morgan fingerprint density at radius 2 is 1.90 bits per heavy atom. The number of hydrogen-bond acceptors (Lipinski definition) is 3. The van der Waals surface area contributed by atoms with Gasteiger partial charge in [-0.1, -0.05) is 37.3 Å². The van der Waals surface area contributed by atoms with E-state index in [0.717, 1.165) is 51.4 Å². The molecule has 7 heteroatoms. The molecule has 1 aliphatic heterocycles. The lowest BCUT2D eigenvalue weighted by atomic mass is 10.0. The van der Waals surface area contributed by atoms with Gasteiger partial charge in [-0.3, -0.25) is 14.7 Å². The van der Waals surface area contributed by atoms with Crippen molar-refractivity contribution in [3.63, 3.8) is 0 Å². The van der Waals surface area contributed by atoms with Crippen LogP contribution in [0.2, 0.25) is 0 Å². The Bertz CT molecular complexity index is 602. The molecule has 164 valence electrons. The molecule has 1 unspecified atom stereocenters. The predicted octanol–water partition coefficient (Wildman–Crippen LogP) is 3.13. The Morgan fingerprint density at radius 1 is 1.21 bits per heavy atom. The van der Waals surface area contributed by atoms with Crippen LogP contribution in [0.5, 0.6) is 0 Å². The maximum Gasteiger partial charge on any atom is 0.222 e. The van der Waals surface area contributed by atoms with Crippen molar-refractivity contribution in [2.45, 2.75) is 65.1 Å². The van der Waals surface area contributed by atoms with Gasteiger partial charge in [0.05, 0.1) is 6.54 Å². The maximum atomic E-state index is 11.9. The topological polar surface area (TPSA) is 68.8 Å². The summed E-state index contributed by atoms with van der Waals surface area (Å²) in [5.74, 6) is 0.892. The number of guanidine groups is 1. The highest BCUT2D eigenvalue weighted by Crippen LogP contribution is 2.13. The molecule has 1 heterocycles. The molecular formula is C22H38IN5O. The van der Waals surface area contributed by atoms with Gasteiger partial charge in [0.1, 0.15) is 0 Å². The van der Waals surface area contributed by atoms with E-state index in [1.807, 2.05) is 6.92 Å². The smallest absolute Gasteiger partial charge is 0.222 e. The van der Waals surface area contributed by atoms with Crippen LogP contribution < -0.4 is 16.0 Å². The fraction of sp³-hybridized carbons (Fsp3) is 0.636. The van der Waals surface area contributed by atoms with E-state index in [-0.39, 0.29) is 35.9 Å². The van der Waals surface area contributed by atoms with E-state index in [9.17, 15) is 4.79 Å². The molecule has 0 radical (unpaired) electrons. The molecular weight excluding hydrogens is 477 g/mol. The fourth-order valence-electron chi connectivity index (χ4n) is 3.31. The van der Waals surface area contributed by atoms with Gasteiger partial charge in [0.15, 0.2) is 5.96 Å². The molecule has 1 saturated heterocycles. The van der Waals surface area contributed by atoms with Crippen LogP contribution in [-0.2, 0) is 11.3 Å². The van der Waals surface area contributed by atoms with E-state index in [0.29, 0.717) is 19.0 Å². The summed E-state index contributed by atoms with van der Waals surface area (Å²) in [5, 5.41) is 9.83. The van der Waals surface area contributed by atoms with Crippen LogP contribution in [0.25, 0.3) is 0 Å². The van der Waals surface area contributed by atoms with Crippen LogP contribution in [0.3, 0.4) is 0 Å². The molecule has 0 spiro atoms. The summed E-state index contributed by atoms with van der Waals surface area (Å²) >= 11 is 0. The molecule has 1 aromatic carbocycles. The maximum absolute atomic E-state index is 11.9. The fourth-order valence-corrected chi connectivity index (χ4v) is 3.31. The van der Waals surface area contributed by atoms with E-state index < -0.39 is 0 Å². The highest BCUT2D eigenvalue weighted by atomic mass is 127. The van der Waals surface area contributed by atoms with Gasteiger partial charge in [-0.2, -0.15) is 0 Å². The second kappa shape index (κ2) is 14.6. The Labute approximate surface area is 193 Å². The number of nitrogens with zero attached hydrogens (tertiary/aromatic N) is 2. The lowest BCUT2D eigenvalue weighted by Gasteiger charge is -2.33. The number of piperidine rings is 1. The summed E-state index contributed by atoms with van der Waals surface area (Å²) in [4.78, 5) is 19.0. The van der Waals surface area contributed by atoms with Crippen LogP contribution >= 0.6 is 24.0 Å². The molecule has 6 nitrogen and oxygen atoms in total. The monoisotopic (exact) mass is 515 g/mol. The summed E-state index contributed by atoms with van der Waals surface area (Å²) in [7, 11) is 0. The zero-order valence-electron chi connectivity index (χ0n) is 18.1. The molecule has 1 aromatic rings. The molecule has 0 aliphatic carbocycles. The van der Waals surface area contributed by atoms with Crippen LogP contribution in [0.4, 0.5) is 0 Å². The Balaban J connectivity index is 0.00000420. The largest absolute Gasteiger partial charge is 0.357 e. The molecule has 0 saturated carbocycles. The lowest BCUT2D eigenvalue weighted by Crippen LogP contribution is -2.48. The van der Waals surface area contributed by atoms with Crippen molar-refractivity contribution in [3.05, 3.63) is 35.9 Å². The normalized spacial score (nSPS) is 16.6. The number of aliphatic imine (C=N–C) groups is 1. The molecule has 0 aromatic heterocycles. The number of halogens is 1. The van der Waals surface area contributed by atoms with E-state index in [1.54, 1.807) is 0 Å². The number of likely N-dealkylation sites (tertiary alicyclic amines) is 1. The number of rotatable bonds is 9. The molecule has 0 bridgehead atoms. The van der Waals surface area contributed by atoms with E-state index >= 15 is 0 Å². The van der Waals surface area contributed by atoms with Crippen molar-refractivity contribution in [2.24, 2.45) is 4.99 Å². The third kappa shape index (κ3) is 10.3. The Hall–Kier alpha value is -1.35. The summed E-state index contributed by atoms with van der Waals surface area (Å²) in [6.45, 7) is 10.7. The molecule has 3 N–H and O–H groups in total. The van der Waals surface area contributed by atoms with Crippen molar-refractivity contribution in [3.8, 4) is 0 Å². The standard InChI is InChI=1S/C22H37N5O.HI/c1-4-18(3)25-21(28)11-14-24-22(23-5-2)26-20-12-15-27(16-13-20)17-19-9-7-6-8-10-19;/h6-10,18,20H,4-5,11-17H2,1-3H3,(H,25,28)(H2,23,24,26);1H. The number of amides is 1. The first-order valence-electron chi connectivity index (χ1n) is 10.7. The summed E-state index contributed by atoms with van der Waals surface area (Å²) in [5.41, 5.74) is 1.37. The van der Waals surface area contributed by atoms with Crippen molar-refractivity contribution < 1.29 is 4.79 Å². The average molecular weight is 515 g/mol. The second-order valence-corrected chi connectivity index (χ2v) is 7.57. The lowest BCUT2D eigenvalue weighted by molar-refractivity contribution is -0.121. The highest BCUT2D eigenvalue weighted by Gasteiger charge is 2.20. The quantitative estimate of drug-likeness (QED) is 0.269. The Morgan fingerprint density at radius 3 is 2.52 bits per heavy atom. The van der Waals surface area contributed by atoms with Gasteiger partial charge >= 0.3 is 0 Å². The molecule has 2 rings (SSSR count). The van der Waals surface area contributed by atoms with Crippen LogP contribution in [0, 0.1) is 0 Å². The highest BCUT2D eigenvalue weighted by molar-refractivity contribution is 14.0. The minimum absolute atomic E-state index is 0. The number of hydrogen-bond donors (Lipinski definition) is 3. The molecule has 1 aliphatic rings. The van der Waals surface area contributed by atoms with Crippen LogP contribution in [-0.4, -0.2) is 55.0 Å². The zero-order chi connectivity index (χ0) is 20.2. The number of nitrogens with one attached hydrogen (secondary N) is 3. The molecule has 1 amide bonds.